The zero-order valence-electron chi connectivity index (χ0n) is 9.65. The minimum absolute atomic E-state index is 0.0320. The first-order valence-corrected chi connectivity index (χ1v) is 6.61. The van der Waals surface area contributed by atoms with Crippen LogP contribution >= 0.6 is 8.60 Å². The van der Waals surface area contributed by atoms with Gasteiger partial charge in [-0.15, -0.1) is 0 Å². The molecule has 0 amide bonds. The monoisotopic (exact) mass is 294 g/mol. The van der Waals surface area contributed by atoms with E-state index in [0.717, 1.165) is 10.8 Å². The van der Waals surface area contributed by atoms with E-state index in [1.165, 1.54) is 0 Å². The SMILES string of the molecule is O=c1[nH]c(=O)n(C2CCC(COP(O)O)O2)cc1F. The smallest absolute Gasteiger partial charge is 0.330 e. The molecule has 10 heteroatoms. The quantitative estimate of drug-likeness (QED) is 0.650. The fourth-order valence-corrected chi connectivity index (χ4v) is 2.14. The van der Waals surface area contributed by atoms with E-state index < -0.39 is 38.0 Å². The molecule has 0 aromatic carbocycles. The lowest BCUT2D eigenvalue weighted by molar-refractivity contribution is -0.0220. The molecule has 2 unspecified atom stereocenters. The van der Waals surface area contributed by atoms with Gasteiger partial charge in [-0.1, -0.05) is 0 Å². The van der Waals surface area contributed by atoms with Crippen molar-refractivity contribution in [2.45, 2.75) is 25.2 Å². The number of ether oxygens (including phenoxy) is 1. The van der Waals surface area contributed by atoms with E-state index in [1.54, 1.807) is 0 Å². The van der Waals surface area contributed by atoms with Gasteiger partial charge in [-0.3, -0.25) is 14.3 Å². The Hall–Kier alpha value is -1.12. The average Bonchev–Trinajstić information content (AvgIpc) is 2.80. The first-order valence-electron chi connectivity index (χ1n) is 5.44. The predicted molar refractivity (Wildman–Crippen MR) is 61.7 cm³/mol. The highest BCUT2D eigenvalue weighted by atomic mass is 31.2. The molecular formula is C9H12FN2O6P. The second kappa shape index (κ2) is 5.89. The van der Waals surface area contributed by atoms with Gasteiger partial charge in [0.05, 0.1) is 18.9 Å². The Morgan fingerprint density at radius 3 is 2.95 bits per heavy atom. The number of halogens is 1. The molecule has 1 aliphatic heterocycles. The number of aromatic nitrogens is 2. The number of H-pyrrole nitrogens is 1. The Kier molecular flexibility index (Phi) is 4.43. The highest BCUT2D eigenvalue weighted by Gasteiger charge is 2.28. The molecule has 0 spiro atoms. The van der Waals surface area contributed by atoms with Crippen LogP contribution in [0.25, 0.3) is 0 Å². The van der Waals surface area contributed by atoms with Crippen LogP contribution in [0, 0.1) is 5.82 Å². The first-order chi connectivity index (χ1) is 8.97. The predicted octanol–water partition coefficient (Wildman–Crippen LogP) is -0.419. The van der Waals surface area contributed by atoms with Crippen LogP contribution < -0.4 is 11.2 Å². The Labute approximate surface area is 107 Å². The van der Waals surface area contributed by atoms with Crippen molar-refractivity contribution in [1.29, 1.82) is 0 Å². The fraction of sp³-hybridized carbons (Fsp3) is 0.556. The second-order valence-corrected chi connectivity index (χ2v) is 4.75. The summed E-state index contributed by atoms with van der Waals surface area (Å²) in [6.45, 7) is -0.0320. The van der Waals surface area contributed by atoms with Gasteiger partial charge in [0.2, 0.25) is 5.82 Å². The van der Waals surface area contributed by atoms with Crippen molar-refractivity contribution in [3.63, 3.8) is 0 Å². The van der Waals surface area contributed by atoms with Crippen molar-refractivity contribution in [2.75, 3.05) is 6.61 Å². The molecule has 1 aromatic rings. The van der Waals surface area contributed by atoms with Gasteiger partial charge in [-0.05, 0) is 12.8 Å². The summed E-state index contributed by atoms with van der Waals surface area (Å²) in [4.78, 5) is 41.4. The highest BCUT2D eigenvalue weighted by molar-refractivity contribution is 7.39. The minimum atomic E-state index is -2.46. The maximum Gasteiger partial charge on any atom is 0.330 e. The summed E-state index contributed by atoms with van der Waals surface area (Å²) in [5, 5.41) is 0. The summed E-state index contributed by atoms with van der Waals surface area (Å²) in [6, 6.07) is 0. The molecule has 0 saturated carbocycles. The van der Waals surface area contributed by atoms with Crippen LogP contribution in [0.15, 0.2) is 15.8 Å². The van der Waals surface area contributed by atoms with Gasteiger partial charge in [-0.25, -0.2) is 4.79 Å². The number of rotatable bonds is 4. The molecule has 8 nitrogen and oxygen atoms in total. The third-order valence-electron chi connectivity index (χ3n) is 2.70. The van der Waals surface area contributed by atoms with Crippen molar-refractivity contribution >= 4 is 8.60 Å². The van der Waals surface area contributed by atoms with Gasteiger partial charge >= 0.3 is 14.3 Å². The Morgan fingerprint density at radius 2 is 2.26 bits per heavy atom. The van der Waals surface area contributed by atoms with E-state index in [1.807, 2.05) is 4.98 Å². The molecular weight excluding hydrogens is 282 g/mol. The maximum atomic E-state index is 13.1. The second-order valence-electron chi connectivity index (χ2n) is 3.98. The summed E-state index contributed by atoms with van der Waals surface area (Å²) >= 11 is 0. The lowest BCUT2D eigenvalue weighted by Gasteiger charge is -2.15. The van der Waals surface area contributed by atoms with E-state index in [2.05, 4.69) is 4.52 Å². The van der Waals surface area contributed by atoms with Crippen LogP contribution in [0.2, 0.25) is 0 Å². The summed E-state index contributed by atoms with van der Waals surface area (Å²) in [5.41, 5.74) is -1.84. The molecule has 106 valence electrons. The molecule has 2 rings (SSSR count). The van der Waals surface area contributed by atoms with E-state index in [9.17, 15) is 14.0 Å². The van der Waals surface area contributed by atoms with E-state index in [-0.39, 0.29) is 6.61 Å². The molecule has 2 atom stereocenters. The summed E-state index contributed by atoms with van der Waals surface area (Å²) in [6.07, 6.45) is 0.599. The van der Waals surface area contributed by atoms with Crippen molar-refractivity contribution in [3.05, 3.63) is 32.9 Å². The summed E-state index contributed by atoms with van der Waals surface area (Å²) in [5.74, 6) is -1.07. The fourth-order valence-electron chi connectivity index (χ4n) is 1.84. The van der Waals surface area contributed by atoms with Crippen molar-refractivity contribution in [1.82, 2.24) is 9.55 Å². The normalized spacial score (nSPS) is 23.2. The number of hydrogen-bond acceptors (Lipinski definition) is 6. The third-order valence-corrected chi connectivity index (χ3v) is 3.08. The van der Waals surface area contributed by atoms with Crippen LogP contribution in [-0.4, -0.2) is 32.0 Å². The number of hydrogen-bond donors (Lipinski definition) is 3. The van der Waals surface area contributed by atoms with E-state index in [0.29, 0.717) is 12.8 Å². The summed E-state index contributed by atoms with van der Waals surface area (Å²) < 4.78 is 24.1. The molecule has 0 aliphatic carbocycles. The van der Waals surface area contributed by atoms with Crippen LogP contribution in [0.5, 0.6) is 0 Å². The van der Waals surface area contributed by atoms with Gasteiger partial charge < -0.3 is 19.0 Å². The van der Waals surface area contributed by atoms with Gasteiger partial charge in [0, 0.05) is 0 Å². The summed E-state index contributed by atoms with van der Waals surface area (Å²) in [7, 11) is -2.46. The number of nitrogens with one attached hydrogen (secondary N) is 1. The lowest BCUT2D eigenvalue weighted by Crippen LogP contribution is -2.34. The third kappa shape index (κ3) is 3.46. The topological polar surface area (TPSA) is 114 Å². The van der Waals surface area contributed by atoms with E-state index >= 15 is 0 Å². The molecule has 1 aliphatic rings. The van der Waals surface area contributed by atoms with E-state index in [4.69, 9.17) is 14.5 Å². The van der Waals surface area contributed by atoms with Crippen LogP contribution in [0.3, 0.4) is 0 Å². The zero-order valence-corrected chi connectivity index (χ0v) is 10.5. The van der Waals surface area contributed by atoms with Crippen LogP contribution in [0.4, 0.5) is 4.39 Å². The molecule has 0 bridgehead atoms. The van der Waals surface area contributed by atoms with Gasteiger partial charge in [0.15, 0.2) is 0 Å². The van der Waals surface area contributed by atoms with Crippen LogP contribution in [-0.2, 0) is 9.26 Å². The van der Waals surface area contributed by atoms with Crippen LogP contribution in [0.1, 0.15) is 19.1 Å². The molecule has 1 fully saturated rings. The molecule has 2 heterocycles. The molecule has 1 saturated heterocycles. The van der Waals surface area contributed by atoms with Gasteiger partial charge in [0.1, 0.15) is 6.23 Å². The number of aromatic amines is 1. The Morgan fingerprint density at radius 1 is 1.53 bits per heavy atom. The molecule has 1 aromatic heterocycles. The average molecular weight is 294 g/mol. The lowest BCUT2D eigenvalue weighted by atomic mass is 10.2. The maximum absolute atomic E-state index is 13.1. The Balaban J connectivity index is 2.07. The highest BCUT2D eigenvalue weighted by Crippen LogP contribution is 2.31. The van der Waals surface area contributed by atoms with Crippen molar-refractivity contribution in [3.8, 4) is 0 Å². The largest absolute Gasteiger partial charge is 0.352 e. The van der Waals surface area contributed by atoms with Crippen molar-refractivity contribution in [2.24, 2.45) is 0 Å². The van der Waals surface area contributed by atoms with Crippen molar-refractivity contribution < 1.29 is 23.4 Å². The number of nitrogens with zero attached hydrogens (tertiary/aromatic N) is 1. The minimum Gasteiger partial charge on any atom is -0.352 e. The molecule has 0 radical (unpaired) electrons. The van der Waals surface area contributed by atoms with Gasteiger partial charge in [-0.2, -0.15) is 4.39 Å². The molecule has 19 heavy (non-hydrogen) atoms. The Bertz CT molecular complexity index is 558. The standard InChI is InChI=1S/C9H12FN2O6P/c10-6-3-12(9(14)11-8(6)13)7-2-1-5(18-7)4-17-19(15)16/h3,5,7,15-16H,1-2,4H2,(H,11,13,14). The zero-order chi connectivity index (χ0) is 14.0. The molecule has 3 N–H and O–H groups in total. The van der Waals surface area contributed by atoms with Gasteiger partial charge in [0.25, 0.3) is 5.56 Å². The first kappa shape index (κ1) is 14.3.